The molecule has 1 aliphatic heterocycles. The number of aliphatic hydroxyl groups is 4. The summed E-state index contributed by atoms with van der Waals surface area (Å²) >= 11 is 0. The van der Waals surface area contributed by atoms with Crippen molar-refractivity contribution in [1.29, 1.82) is 0 Å². The topological polar surface area (TPSA) is 90.2 Å². The van der Waals surface area contributed by atoms with Gasteiger partial charge in [0.25, 0.3) is 0 Å². The van der Waals surface area contributed by atoms with Crippen molar-refractivity contribution in [2.24, 2.45) is 0 Å². The number of ether oxygens (including phenoxy) is 1. The van der Waals surface area contributed by atoms with Crippen LogP contribution in [-0.4, -0.2) is 44.7 Å². The van der Waals surface area contributed by atoms with Crippen molar-refractivity contribution in [3.63, 3.8) is 0 Å². The summed E-state index contributed by atoms with van der Waals surface area (Å²) in [5.41, 5.74) is 0. The maximum Gasteiger partial charge on any atom is 0.194 e. The van der Waals surface area contributed by atoms with E-state index in [1.165, 1.54) is 0 Å². The zero-order valence-corrected chi connectivity index (χ0v) is 5.43. The molecule has 1 fully saturated rings. The van der Waals surface area contributed by atoms with E-state index in [1.54, 1.807) is 0 Å². The van der Waals surface area contributed by atoms with Gasteiger partial charge in [-0.2, -0.15) is 0 Å². The molecule has 5 nitrogen and oxygen atoms in total. The van der Waals surface area contributed by atoms with Gasteiger partial charge in [0.05, 0.1) is 0 Å². The predicted octanol–water partition coefficient (Wildman–Crippen LogP) is -2.23. The van der Waals surface area contributed by atoms with E-state index in [0.717, 1.165) is 6.92 Å². The lowest BCUT2D eigenvalue weighted by Gasteiger charge is -2.19. The number of rotatable bonds is 0. The molecule has 2 unspecified atom stereocenters. The lowest BCUT2D eigenvalue weighted by atomic mass is 10.1. The maximum atomic E-state index is 9.01. The van der Waals surface area contributed by atoms with Crippen LogP contribution >= 0.6 is 0 Å². The lowest BCUT2D eigenvalue weighted by Crippen LogP contribution is -2.40. The number of aliphatic hydroxyl groups excluding tert-OH is 3. The van der Waals surface area contributed by atoms with Gasteiger partial charge < -0.3 is 25.2 Å². The SMILES string of the molecule is C[C@]1(O)OC(O)[C@@H](O)C1O. The van der Waals surface area contributed by atoms with Gasteiger partial charge >= 0.3 is 0 Å². The first-order valence-corrected chi connectivity index (χ1v) is 2.89. The Kier molecular flexibility index (Phi) is 1.69. The minimum Gasteiger partial charge on any atom is -0.385 e. The van der Waals surface area contributed by atoms with Crippen LogP contribution in [0.25, 0.3) is 0 Å². The first kappa shape index (κ1) is 7.90. The molecule has 60 valence electrons. The van der Waals surface area contributed by atoms with Crippen LogP contribution in [0.5, 0.6) is 0 Å². The van der Waals surface area contributed by atoms with Crippen molar-refractivity contribution >= 4 is 0 Å². The first-order valence-electron chi connectivity index (χ1n) is 2.89. The van der Waals surface area contributed by atoms with E-state index in [-0.39, 0.29) is 0 Å². The second-order valence-corrected chi connectivity index (χ2v) is 2.50. The molecular formula is C5H10O5. The van der Waals surface area contributed by atoms with E-state index in [2.05, 4.69) is 4.74 Å². The van der Waals surface area contributed by atoms with E-state index in [4.69, 9.17) is 20.4 Å². The Morgan fingerprint density at radius 2 is 1.80 bits per heavy atom. The van der Waals surface area contributed by atoms with Crippen molar-refractivity contribution in [2.45, 2.75) is 31.2 Å². The van der Waals surface area contributed by atoms with Gasteiger partial charge in [0, 0.05) is 0 Å². The van der Waals surface area contributed by atoms with Gasteiger partial charge in [-0.3, -0.25) is 0 Å². The molecule has 1 rings (SSSR count). The molecule has 1 saturated heterocycles. The van der Waals surface area contributed by atoms with Crippen LogP contribution in [0.1, 0.15) is 6.92 Å². The molecule has 4 N–H and O–H groups in total. The summed E-state index contributed by atoms with van der Waals surface area (Å²) in [5, 5.41) is 35.5. The number of hydrogen-bond acceptors (Lipinski definition) is 5. The molecule has 0 spiro atoms. The van der Waals surface area contributed by atoms with Gasteiger partial charge in [-0.1, -0.05) is 0 Å². The Hall–Kier alpha value is -0.200. The van der Waals surface area contributed by atoms with Crippen molar-refractivity contribution in [2.75, 3.05) is 0 Å². The highest BCUT2D eigenvalue weighted by atomic mass is 16.7. The highest BCUT2D eigenvalue weighted by Gasteiger charge is 2.49. The molecule has 0 radical (unpaired) electrons. The Bertz CT molecular complexity index is 134. The lowest BCUT2D eigenvalue weighted by molar-refractivity contribution is -0.247. The van der Waals surface area contributed by atoms with Crippen molar-refractivity contribution < 1.29 is 25.2 Å². The van der Waals surface area contributed by atoms with Gasteiger partial charge in [-0.25, -0.2) is 0 Å². The summed E-state index contributed by atoms with van der Waals surface area (Å²) < 4.78 is 4.38. The van der Waals surface area contributed by atoms with Crippen molar-refractivity contribution in [3.8, 4) is 0 Å². The molecule has 5 heteroatoms. The second-order valence-electron chi connectivity index (χ2n) is 2.50. The number of hydrogen-bond donors (Lipinski definition) is 4. The fourth-order valence-electron chi connectivity index (χ4n) is 0.857. The van der Waals surface area contributed by atoms with Crippen molar-refractivity contribution in [3.05, 3.63) is 0 Å². The molecule has 1 heterocycles. The largest absolute Gasteiger partial charge is 0.385 e. The van der Waals surface area contributed by atoms with Gasteiger partial charge in [0.15, 0.2) is 12.1 Å². The zero-order valence-electron chi connectivity index (χ0n) is 5.43. The van der Waals surface area contributed by atoms with E-state index < -0.39 is 24.3 Å². The van der Waals surface area contributed by atoms with Crippen LogP contribution in [0, 0.1) is 0 Å². The quantitative estimate of drug-likeness (QED) is 0.313. The standard InChI is InChI=1S/C5H10O5/c1-5(9)3(7)2(6)4(8)10-5/h2-4,6-9H,1H3/t2-,3?,4?,5-/m0/s1. The van der Waals surface area contributed by atoms with Crippen LogP contribution < -0.4 is 0 Å². The molecule has 0 saturated carbocycles. The normalized spacial score (nSPS) is 55.5. The van der Waals surface area contributed by atoms with E-state index >= 15 is 0 Å². The predicted molar refractivity (Wildman–Crippen MR) is 29.7 cm³/mol. The van der Waals surface area contributed by atoms with Crippen LogP contribution in [-0.2, 0) is 4.74 Å². The molecule has 0 aromatic carbocycles. The highest BCUT2D eigenvalue weighted by Crippen LogP contribution is 2.26. The Labute approximate surface area is 57.5 Å². The fraction of sp³-hybridized carbons (Fsp3) is 1.00. The smallest absolute Gasteiger partial charge is 0.194 e. The maximum absolute atomic E-state index is 9.01. The average Bonchev–Trinajstić information content (AvgIpc) is 1.95. The molecule has 0 bridgehead atoms. The minimum absolute atomic E-state index is 1.16. The van der Waals surface area contributed by atoms with Gasteiger partial charge in [0.1, 0.15) is 12.2 Å². The van der Waals surface area contributed by atoms with E-state index in [0.29, 0.717) is 0 Å². The van der Waals surface area contributed by atoms with Crippen LogP contribution in [0.2, 0.25) is 0 Å². The molecule has 0 aromatic rings. The van der Waals surface area contributed by atoms with E-state index in [9.17, 15) is 0 Å². The summed E-state index contributed by atoms with van der Waals surface area (Å²) in [6.07, 6.45) is -4.40. The molecule has 4 atom stereocenters. The average molecular weight is 150 g/mol. The monoisotopic (exact) mass is 150 g/mol. The Morgan fingerprint density at radius 3 is 1.90 bits per heavy atom. The fourth-order valence-corrected chi connectivity index (χ4v) is 0.857. The third-order valence-electron chi connectivity index (χ3n) is 1.52. The third kappa shape index (κ3) is 1.02. The van der Waals surface area contributed by atoms with Crippen molar-refractivity contribution in [1.82, 2.24) is 0 Å². The molecular weight excluding hydrogens is 140 g/mol. The summed E-state index contributed by atoms with van der Waals surface area (Å²) in [5.74, 6) is -1.85. The summed E-state index contributed by atoms with van der Waals surface area (Å²) in [4.78, 5) is 0. The third-order valence-corrected chi connectivity index (χ3v) is 1.52. The summed E-state index contributed by atoms with van der Waals surface area (Å²) in [6.45, 7) is 1.16. The van der Waals surface area contributed by atoms with E-state index in [1.807, 2.05) is 0 Å². The van der Waals surface area contributed by atoms with Crippen LogP contribution in [0.3, 0.4) is 0 Å². The molecule has 0 aromatic heterocycles. The highest BCUT2D eigenvalue weighted by molar-refractivity contribution is 4.88. The zero-order chi connectivity index (χ0) is 7.94. The summed E-state index contributed by atoms with van der Waals surface area (Å²) in [7, 11) is 0. The summed E-state index contributed by atoms with van der Waals surface area (Å²) in [6, 6.07) is 0. The van der Waals surface area contributed by atoms with Gasteiger partial charge in [-0.05, 0) is 6.92 Å². The second kappa shape index (κ2) is 2.14. The molecule has 0 amide bonds. The first-order chi connectivity index (χ1) is 4.45. The molecule has 0 aliphatic carbocycles. The Morgan fingerprint density at radius 1 is 1.30 bits per heavy atom. The van der Waals surface area contributed by atoms with Gasteiger partial charge in [0.2, 0.25) is 0 Å². The molecule has 10 heavy (non-hydrogen) atoms. The molecule has 1 aliphatic rings. The van der Waals surface area contributed by atoms with Gasteiger partial charge in [-0.15, -0.1) is 0 Å². The van der Waals surface area contributed by atoms with Crippen LogP contribution in [0.4, 0.5) is 0 Å². The Balaban J connectivity index is 2.71. The van der Waals surface area contributed by atoms with Crippen LogP contribution in [0.15, 0.2) is 0 Å². The minimum atomic E-state index is -1.85.